The maximum absolute atomic E-state index is 12.3. The third kappa shape index (κ3) is 4.24. The van der Waals surface area contributed by atoms with Crippen LogP contribution in [0.4, 0.5) is 0 Å². The molecule has 4 rings (SSSR count). The van der Waals surface area contributed by atoms with Crippen molar-refractivity contribution in [3.63, 3.8) is 0 Å². The Morgan fingerprint density at radius 3 is 2.67 bits per heavy atom. The minimum absolute atomic E-state index is 0.0300. The van der Waals surface area contributed by atoms with Gasteiger partial charge in [0.05, 0.1) is 32.2 Å². The molecule has 5 N–H and O–H groups in total. The number of benzene rings is 1. The minimum Gasteiger partial charge on any atom is -0.507 e. The Hall–Kier alpha value is -2.34. The zero-order chi connectivity index (χ0) is 21.4. The van der Waals surface area contributed by atoms with E-state index in [0.717, 1.165) is 6.54 Å². The lowest BCUT2D eigenvalue weighted by molar-refractivity contribution is -0.143. The number of nitrogens with one attached hydrogen (secondary N) is 1. The number of hydrogen-bond donors (Lipinski definition) is 5. The molecule has 2 heterocycles. The molecule has 11 heteroatoms. The fourth-order valence-corrected chi connectivity index (χ4v) is 4.07. The van der Waals surface area contributed by atoms with Gasteiger partial charge >= 0.3 is 13.1 Å². The molecule has 1 unspecified atom stereocenters. The van der Waals surface area contributed by atoms with Crippen molar-refractivity contribution < 1.29 is 39.3 Å². The molecule has 10 nitrogen and oxygen atoms in total. The topological polar surface area (TPSA) is 149 Å². The average Bonchev–Trinajstić information content (AvgIpc) is 3.45. The lowest BCUT2D eigenvalue weighted by Gasteiger charge is -2.40. The Bertz CT molecular complexity index is 823. The maximum Gasteiger partial charge on any atom is 0.455 e. The number of carboxylic acids is 1. The highest BCUT2D eigenvalue weighted by molar-refractivity contribution is 6.44. The van der Waals surface area contributed by atoms with Gasteiger partial charge in [-0.05, 0) is 24.0 Å². The molecule has 3 fully saturated rings. The highest BCUT2D eigenvalue weighted by Crippen LogP contribution is 2.56. The molecule has 0 aromatic heterocycles. The SMILES string of the molecule is O=C(O)c1c(OC2CN(C(=O)C[C@@H]3CNCCO3)C2)ccc([C@H]2CC2B(O)O)c1O. The van der Waals surface area contributed by atoms with Crippen LogP contribution in [0.1, 0.15) is 34.7 Å². The number of nitrogens with zero attached hydrogens (tertiary/aromatic N) is 1. The van der Waals surface area contributed by atoms with Gasteiger partial charge in [0.25, 0.3) is 0 Å². The van der Waals surface area contributed by atoms with E-state index in [0.29, 0.717) is 38.2 Å². The standard InChI is InChI=1S/C19H25BN2O8/c23-16(5-10-7-21-3-4-29-10)22-8-11(9-22)30-15-2-1-12(13-6-14(13)20(27)28)18(24)17(15)19(25)26/h1-2,10-11,13-14,21,24,27-28H,3-9H2,(H,25,26)/t10-,13-,14?/m1/s1. The number of phenols is 1. The number of rotatable bonds is 7. The zero-order valence-corrected chi connectivity index (χ0v) is 16.4. The van der Waals surface area contributed by atoms with E-state index in [1.165, 1.54) is 6.07 Å². The number of ether oxygens (including phenoxy) is 2. The van der Waals surface area contributed by atoms with Crippen molar-refractivity contribution in [3.8, 4) is 11.5 Å². The molecule has 3 aliphatic rings. The predicted molar refractivity (Wildman–Crippen MR) is 105 cm³/mol. The highest BCUT2D eigenvalue weighted by atomic mass is 16.5. The number of aromatic carboxylic acids is 1. The molecule has 1 aromatic rings. The van der Waals surface area contributed by atoms with E-state index in [-0.39, 0.29) is 41.8 Å². The third-order valence-electron chi connectivity index (χ3n) is 5.91. The molecule has 0 bridgehead atoms. The number of likely N-dealkylation sites (tertiary alicyclic amines) is 1. The molecule has 0 spiro atoms. The van der Waals surface area contributed by atoms with E-state index >= 15 is 0 Å². The Morgan fingerprint density at radius 2 is 2.07 bits per heavy atom. The monoisotopic (exact) mass is 420 g/mol. The van der Waals surface area contributed by atoms with Crippen LogP contribution in [-0.2, 0) is 9.53 Å². The van der Waals surface area contributed by atoms with E-state index in [2.05, 4.69) is 5.32 Å². The Morgan fingerprint density at radius 1 is 1.30 bits per heavy atom. The number of carboxylic acid groups (broad SMARTS) is 1. The summed E-state index contributed by atoms with van der Waals surface area (Å²) in [5.74, 6) is -2.48. The van der Waals surface area contributed by atoms with Gasteiger partial charge in [-0.15, -0.1) is 0 Å². The van der Waals surface area contributed by atoms with Crippen molar-refractivity contribution in [1.82, 2.24) is 10.2 Å². The van der Waals surface area contributed by atoms with Crippen LogP contribution >= 0.6 is 0 Å². The Kier molecular flexibility index (Phi) is 5.87. The molecular formula is C19H25BN2O8. The van der Waals surface area contributed by atoms with Crippen LogP contribution in [0, 0.1) is 0 Å². The molecule has 1 aromatic carbocycles. The van der Waals surface area contributed by atoms with Crippen molar-refractivity contribution in [2.45, 2.75) is 36.8 Å². The largest absolute Gasteiger partial charge is 0.507 e. The number of amides is 1. The van der Waals surface area contributed by atoms with Crippen molar-refractivity contribution >= 4 is 19.0 Å². The first-order valence-electron chi connectivity index (χ1n) is 10.1. The number of morpholine rings is 1. The van der Waals surface area contributed by atoms with Crippen LogP contribution in [0.2, 0.25) is 5.82 Å². The third-order valence-corrected chi connectivity index (χ3v) is 5.91. The quantitative estimate of drug-likeness (QED) is 0.364. The minimum atomic E-state index is -1.51. The first kappa shape index (κ1) is 20.9. The molecule has 3 atom stereocenters. The lowest BCUT2D eigenvalue weighted by Crippen LogP contribution is -2.57. The molecule has 0 radical (unpaired) electrons. The fourth-order valence-electron chi connectivity index (χ4n) is 4.07. The molecule has 162 valence electrons. The van der Waals surface area contributed by atoms with Gasteiger partial charge in [0, 0.05) is 18.9 Å². The number of carbonyl (C=O) groups excluding carboxylic acids is 1. The first-order valence-corrected chi connectivity index (χ1v) is 10.1. The van der Waals surface area contributed by atoms with Gasteiger partial charge < -0.3 is 40.0 Å². The van der Waals surface area contributed by atoms with Gasteiger partial charge in [-0.3, -0.25) is 4.79 Å². The summed E-state index contributed by atoms with van der Waals surface area (Å²) in [6.45, 7) is 2.68. The smallest absolute Gasteiger partial charge is 0.455 e. The van der Waals surface area contributed by atoms with Gasteiger partial charge in [0.15, 0.2) is 0 Å². The van der Waals surface area contributed by atoms with E-state index in [1.54, 1.807) is 11.0 Å². The predicted octanol–water partition coefficient (Wildman–Crippen LogP) is -0.611. The molecule has 1 amide bonds. The van der Waals surface area contributed by atoms with Crippen LogP contribution in [0.15, 0.2) is 12.1 Å². The van der Waals surface area contributed by atoms with E-state index in [1.807, 2.05) is 0 Å². The van der Waals surface area contributed by atoms with Crippen LogP contribution < -0.4 is 10.1 Å². The summed E-state index contributed by atoms with van der Waals surface area (Å²) in [6.07, 6.45) is 0.243. The second-order valence-electron chi connectivity index (χ2n) is 8.04. The van der Waals surface area contributed by atoms with Gasteiger partial charge in [0.2, 0.25) is 5.91 Å². The summed E-state index contributed by atoms with van der Waals surface area (Å²) in [7, 11) is -1.51. The molecule has 1 aliphatic carbocycles. The maximum atomic E-state index is 12.3. The summed E-state index contributed by atoms with van der Waals surface area (Å²) in [6, 6.07) is 3.03. The summed E-state index contributed by atoms with van der Waals surface area (Å²) in [5, 5.41) is 41.7. The van der Waals surface area contributed by atoms with E-state index in [9.17, 15) is 29.9 Å². The van der Waals surface area contributed by atoms with Crippen molar-refractivity contribution in [2.75, 3.05) is 32.8 Å². The van der Waals surface area contributed by atoms with E-state index < -0.39 is 24.7 Å². The molecule has 1 saturated carbocycles. The number of hydrogen-bond acceptors (Lipinski definition) is 8. The van der Waals surface area contributed by atoms with Gasteiger partial charge in [-0.2, -0.15) is 0 Å². The fraction of sp³-hybridized carbons (Fsp3) is 0.579. The van der Waals surface area contributed by atoms with E-state index in [4.69, 9.17) is 9.47 Å². The zero-order valence-electron chi connectivity index (χ0n) is 16.4. The molecule has 2 aliphatic heterocycles. The lowest BCUT2D eigenvalue weighted by atomic mass is 9.81. The van der Waals surface area contributed by atoms with Gasteiger partial charge in [0.1, 0.15) is 23.2 Å². The number of aromatic hydroxyl groups is 1. The summed E-state index contributed by atoms with van der Waals surface area (Å²) >= 11 is 0. The van der Waals surface area contributed by atoms with Gasteiger partial charge in [-0.1, -0.05) is 6.07 Å². The van der Waals surface area contributed by atoms with Crippen molar-refractivity contribution in [2.24, 2.45) is 0 Å². The van der Waals surface area contributed by atoms with Crippen LogP contribution in [0.25, 0.3) is 0 Å². The Balaban J connectivity index is 1.36. The number of carbonyl (C=O) groups is 2. The van der Waals surface area contributed by atoms with Crippen molar-refractivity contribution in [1.29, 1.82) is 0 Å². The first-order chi connectivity index (χ1) is 14.3. The van der Waals surface area contributed by atoms with Crippen molar-refractivity contribution in [3.05, 3.63) is 23.3 Å². The van der Waals surface area contributed by atoms with Crippen LogP contribution in [0.3, 0.4) is 0 Å². The van der Waals surface area contributed by atoms with Crippen LogP contribution in [-0.4, -0.2) is 89.1 Å². The average molecular weight is 420 g/mol. The Labute approximate surface area is 173 Å². The second-order valence-corrected chi connectivity index (χ2v) is 8.04. The normalized spacial score (nSPS) is 26.1. The van der Waals surface area contributed by atoms with Gasteiger partial charge in [-0.25, -0.2) is 4.79 Å². The molecule has 2 saturated heterocycles. The second kappa shape index (κ2) is 8.42. The summed E-state index contributed by atoms with van der Waals surface area (Å²) in [4.78, 5) is 25.7. The summed E-state index contributed by atoms with van der Waals surface area (Å²) in [5.41, 5.74) is 0.0152. The van der Waals surface area contributed by atoms with Crippen LogP contribution in [0.5, 0.6) is 11.5 Å². The highest BCUT2D eigenvalue weighted by Gasteiger charge is 2.48. The molecular weight excluding hydrogens is 395 g/mol. The summed E-state index contributed by atoms with van der Waals surface area (Å²) < 4.78 is 11.3. The molecule has 30 heavy (non-hydrogen) atoms.